The molecule has 1 N–H and O–H groups in total. The van der Waals surface area contributed by atoms with Crippen molar-refractivity contribution in [2.45, 2.75) is 0 Å². The molecule has 1 amide bonds. The normalized spacial score (nSPS) is 14.3. The number of halogens is 1. The maximum Gasteiger partial charge on any atom is 0.273 e. The van der Waals surface area contributed by atoms with Crippen molar-refractivity contribution in [2.24, 2.45) is 0 Å². The molecule has 110 valence electrons. The van der Waals surface area contributed by atoms with Crippen LogP contribution in [0.25, 0.3) is 0 Å². The molecule has 1 fully saturated rings. The van der Waals surface area contributed by atoms with Crippen LogP contribution in [0.5, 0.6) is 5.75 Å². The van der Waals surface area contributed by atoms with E-state index in [2.05, 4.69) is 5.32 Å². The number of amides is 1. The quantitative estimate of drug-likeness (QED) is 0.657. The highest BCUT2D eigenvalue weighted by Gasteiger charge is 2.16. The molecule has 1 saturated heterocycles. The van der Waals surface area contributed by atoms with Crippen LogP contribution in [-0.4, -0.2) is 48.5 Å². The van der Waals surface area contributed by atoms with Crippen molar-refractivity contribution < 1.29 is 14.5 Å². The Balaban J connectivity index is 0.00000200. The Morgan fingerprint density at radius 2 is 2.10 bits per heavy atom. The van der Waals surface area contributed by atoms with Gasteiger partial charge in [-0.2, -0.15) is 0 Å². The van der Waals surface area contributed by atoms with Gasteiger partial charge in [0.1, 0.15) is 5.75 Å². The van der Waals surface area contributed by atoms with E-state index in [-0.39, 0.29) is 30.6 Å². The lowest BCUT2D eigenvalue weighted by molar-refractivity contribution is -0.384. The molecule has 1 aromatic carbocycles. The molecule has 1 aromatic rings. The summed E-state index contributed by atoms with van der Waals surface area (Å²) in [7, 11) is 0. The fourth-order valence-electron chi connectivity index (χ4n) is 1.84. The summed E-state index contributed by atoms with van der Waals surface area (Å²) in [4.78, 5) is 23.7. The highest BCUT2D eigenvalue weighted by Crippen LogP contribution is 2.19. The van der Waals surface area contributed by atoms with E-state index in [1.54, 1.807) is 11.0 Å². The molecule has 0 radical (unpaired) electrons. The molecule has 0 spiro atoms. The maximum atomic E-state index is 11.8. The number of benzene rings is 1. The first-order chi connectivity index (χ1) is 9.16. The van der Waals surface area contributed by atoms with Crippen molar-refractivity contribution in [2.75, 3.05) is 32.8 Å². The van der Waals surface area contributed by atoms with E-state index in [4.69, 9.17) is 4.74 Å². The van der Waals surface area contributed by atoms with E-state index in [0.717, 1.165) is 13.1 Å². The summed E-state index contributed by atoms with van der Waals surface area (Å²) in [6.45, 7) is 2.79. The molecular weight excluding hydrogens is 286 g/mol. The van der Waals surface area contributed by atoms with Gasteiger partial charge in [0.15, 0.2) is 6.61 Å². The zero-order valence-corrected chi connectivity index (χ0v) is 11.6. The van der Waals surface area contributed by atoms with Gasteiger partial charge in [-0.3, -0.25) is 14.9 Å². The summed E-state index contributed by atoms with van der Waals surface area (Å²) in [5, 5.41) is 13.8. The van der Waals surface area contributed by atoms with Gasteiger partial charge in [0.05, 0.1) is 11.0 Å². The Bertz CT molecular complexity index is 478. The molecule has 0 saturated carbocycles. The second kappa shape index (κ2) is 7.66. The minimum Gasteiger partial charge on any atom is -0.484 e. The van der Waals surface area contributed by atoms with Gasteiger partial charge in [-0.05, 0) is 6.07 Å². The average molecular weight is 302 g/mol. The van der Waals surface area contributed by atoms with Crippen LogP contribution >= 0.6 is 12.4 Å². The lowest BCUT2D eigenvalue weighted by Gasteiger charge is -2.27. The van der Waals surface area contributed by atoms with Crippen molar-refractivity contribution in [3.8, 4) is 5.75 Å². The van der Waals surface area contributed by atoms with Gasteiger partial charge in [-0.25, -0.2) is 0 Å². The molecule has 7 nitrogen and oxygen atoms in total. The van der Waals surface area contributed by atoms with Gasteiger partial charge >= 0.3 is 0 Å². The smallest absolute Gasteiger partial charge is 0.273 e. The third kappa shape index (κ3) is 4.36. The van der Waals surface area contributed by atoms with Gasteiger partial charge in [0, 0.05) is 32.2 Å². The largest absolute Gasteiger partial charge is 0.484 e. The van der Waals surface area contributed by atoms with Crippen molar-refractivity contribution in [1.29, 1.82) is 0 Å². The summed E-state index contributed by atoms with van der Waals surface area (Å²) in [6, 6.07) is 5.82. The molecule has 0 unspecified atom stereocenters. The fraction of sp³-hybridized carbons (Fsp3) is 0.417. The minimum atomic E-state index is -0.495. The summed E-state index contributed by atoms with van der Waals surface area (Å²) in [6.07, 6.45) is 0. The third-order valence-electron chi connectivity index (χ3n) is 2.86. The Hall–Kier alpha value is -1.86. The van der Waals surface area contributed by atoms with Crippen molar-refractivity contribution in [3.63, 3.8) is 0 Å². The van der Waals surface area contributed by atoms with Crippen LogP contribution < -0.4 is 10.1 Å². The van der Waals surface area contributed by atoms with Crippen LogP contribution in [0.15, 0.2) is 24.3 Å². The zero-order valence-electron chi connectivity index (χ0n) is 10.8. The molecule has 1 aliphatic rings. The topological polar surface area (TPSA) is 84.7 Å². The van der Waals surface area contributed by atoms with Crippen molar-refractivity contribution >= 4 is 24.0 Å². The second-order valence-corrected chi connectivity index (χ2v) is 4.17. The molecule has 0 bridgehead atoms. The van der Waals surface area contributed by atoms with Gasteiger partial charge in [0.25, 0.3) is 11.6 Å². The van der Waals surface area contributed by atoms with Crippen LogP contribution in [-0.2, 0) is 4.79 Å². The molecule has 1 aliphatic heterocycles. The molecule has 8 heteroatoms. The number of nitro groups is 1. The van der Waals surface area contributed by atoms with Crippen molar-refractivity contribution in [3.05, 3.63) is 34.4 Å². The first-order valence-corrected chi connectivity index (χ1v) is 6.02. The van der Waals surface area contributed by atoms with Gasteiger partial charge < -0.3 is 15.0 Å². The second-order valence-electron chi connectivity index (χ2n) is 4.17. The maximum absolute atomic E-state index is 11.8. The Morgan fingerprint density at radius 1 is 1.40 bits per heavy atom. The van der Waals surface area contributed by atoms with E-state index in [9.17, 15) is 14.9 Å². The van der Waals surface area contributed by atoms with Crippen LogP contribution in [0.4, 0.5) is 5.69 Å². The number of hydrogen-bond acceptors (Lipinski definition) is 5. The first kappa shape index (κ1) is 16.2. The lowest BCUT2D eigenvalue weighted by atomic mass is 10.3. The number of hydrogen-bond donors (Lipinski definition) is 1. The summed E-state index contributed by atoms with van der Waals surface area (Å²) in [5.74, 6) is 0.227. The van der Waals surface area contributed by atoms with E-state index < -0.39 is 4.92 Å². The van der Waals surface area contributed by atoms with Crippen LogP contribution in [0.3, 0.4) is 0 Å². The number of ether oxygens (including phenoxy) is 1. The fourth-order valence-corrected chi connectivity index (χ4v) is 1.84. The van der Waals surface area contributed by atoms with Crippen LogP contribution in [0, 0.1) is 10.1 Å². The number of non-ortho nitro benzene ring substituents is 1. The summed E-state index contributed by atoms with van der Waals surface area (Å²) >= 11 is 0. The number of carbonyl (C=O) groups is 1. The minimum absolute atomic E-state index is 0. The molecule has 1 heterocycles. The molecule has 2 rings (SSSR count). The molecule has 0 atom stereocenters. The SMILES string of the molecule is Cl.O=C(COc1cccc([N+](=O)[O-])c1)N1CCNCC1. The van der Waals surface area contributed by atoms with Crippen LogP contribution in [0.2, 0.25) is 0 Å². The standard InChI is InChI=1S/C12H15N3O4.ClH/c16-12(14-6-4-13-5-7-14)9-19-11-3-1-2-10(8-11)15(17)18;/h1-3,8,13H,4-7,9H2;1H. The van der Waals surface area contributed by atoms with Gasteiger partial charge in [-0.15, -0.1) is 12.4 Å². The third-order valence-corrected chi connectivity index (χ3v) is 2.86. The van der Waals surface area contributed by atoms with Gasteiger partial charge in [-0.1, -0.05) is 6.07 Å². The highest BCUT2D eigenvalue weighted by atomic mass is 35.5. The van der Waals surface area contributed by atoms with Gasteiger partial charge in [0.2, 0.25) is 0 Å². The summed E-state index contributed by atoms with van der Waals surface area (Å²) < 4.78 is 5.30. The average Bonchev–Trinajstić information content (AvgIpc) is 2.46. The lowest BCUT2D eigenvalue weighted by Crippen LogP contribution is -2.47. The Labute approximate surface area is 122 Å². The Morgan fingerprint density at radius 3 is 2.75 bits per heavy atom. The molecule has 0 aliphatic carbocycles. The van der Waals surface area contributed by atoms with E-state index >= 15 is 0 Å². The predicted octanol–water partition coefficient (Wildman–Crippen LogP) is 0.827. The van der Waals surface area contributed by atoms with E-state index in [1.165, 1.54) is 18.2 Å². The molecule has 20 heavy (non-hydrogen) atoms. The molecular formula is C12H16ClN3O4. The highest BCUT2D eigenvalue weighted by molar-refractivity contribution is 5.85. The number of nitro benzene ring substituents is 1. The Kier molecular flexibility index (Phi) is 6.20. The number of nitrogens with one attached hydrogen (secondary N) is 1. The molecule has 0 aromatic heterocycles. The number of rotatable bonds is 4. The zero-order chi connectivity index (χ0) is 13.7. The number of carbonyl (C=O) groups excluding carboxylic acids is 1. The summed E-state index contributed by atoms with van der Waals surface area (Å²) in [5.41, 5.74) is -0.0490. The number of piperazine rings is 1. The first-order valence-electron chi connectivity index (χ1n) is 6.02. The number of nitrogens with zero attached hydrogens (tertiary/aromatic N) is 2. The van der Waals surface area contributed by atoms with Crippen LogP contribution in [0.1, 0.15) is 0 Å². The van der Waals surface area contributed by atoms with E-state index in [0.29, 0.717) is 18.8 Å². The van der Waals surface area contributed by atoms with Crippen molar-refractivity contribution in [1.82, 2.24) is 10.2 Å². The predicted molar refractivity (Wildman–Crippen MR) is 75.3 cm³/mol. The monoisotopic (exact) mass is 301 g/mol. The van der Waals surface area contributed by atoms with E-state index in [1.807, 2.05) is 0 Å².